The molecule has 0 saturated carbocycles. The van der Waals surface area contributed by atoms with Gasteiger partial charge in [0, 0.05) is 51.5 Å². The largest absolute Gasteiger partial charge is 0.341 e. The van der Waals surface area contributed by atoms with Crippen molar-refractivity contribution >= 4 is 33.4 Å². The van der Waals surface area contributed by atoms with Crippen LogP contribution in [0.2, 0.25) is 0 Å². The molecule has 3 nitrogen and oxygen atoms in total. The molecule has 0 fully saturated rings. The molecule has 32 heavy (non-hydrogen) atoms. The first kappa shape index (κ1) is 22.0. The third kappa shape index (κ3) is 4.38. The van der Waals surface area contributed by atoms with Gasteiger partial charge in [0.2, 0.25) is 0 Å². The van der Waals surface area contributed by atoms with Crippen molar-refractivity contribution in [2.45, 2.75) is 58.9 Å². The number of unbranched alkanes of at least 4 members (excludes halogenated alkanes) is 4. The molecule has 164 valence electrons. The van der Waals surface area contributed by atoms with Gasteiger partial charge in [-0.15, -0.1) is 0 Å². The van der Waals surface area contributed by atoms with Crippen LogP contribution in [0.15, 0.2) is 66.7 Å². The SMILES string of the molecule is CCCCCCCC(=O)c1ccc2c(c1)c1cc(C(=O)c3ccccc3)ccc1n2CC. The van der Waals surface area contributed by atoms with Crippen LogP contribution in [0, 0.1) is 0 Å². The van der Waals surface area contributed by atoms with Crippen LogP contribution in [0.5, 0.6) is 0 Å². The van der Waals surface area contributed by atoms with Gasteiger partial charge in [0.05, 0.1) is 0 Å². The first-order chi connectivity index (χ1) is 15.6. The lowest BCUT2D eigenvalue weighted by atomic mass is 9.99. The average molecular weight is 426 g/mol. The number of fused-ring (bicyclic) bond motifs is 3. The van der Waals surface area contributed by atoms with Crippen molar-refractivity contribution in [3.05, 3.63) is 83.4 Å². The Balaban J connectivity index is 1.69. The van der Waals surface area contributed by atoms with E-state index >= 15 is 0 Å². The number of aryl methyl sites for hydroxylation is 1. The Bertz CT molecular complexity index is 1250. The summed E-state index contributed by atoms with van der Waals surface area (Å²) in [5, 5.41) is 2.07. The number of aromatic nitrogens is 1. The van der Waals surface area contributed by atoms with Crippen LogP contribution in [0.25, 0.3) is 21.8 Å². The number of nitrogens with zero attached hydrogens (tertiary/aromatic N) is 1. The van der Waals surface area contributed by atoms with Crippen LogP contribution in [0.4, 0.5) is 0 Å². The van der Waals surface area contributed by atoms with E-state index in [1.54, 1.807) is 0 Å². The fraction of sp³-hybridized carbons (Fsp3) is 0.310. The lowest BCUT2D eigenvalue weighted by molar-refractivity contribution is 0.0978. The Morgan fingerprint density at radius 2 is 1.31 bits per heavy atom. The molecule has 0 N–H and O–H groups in total. The van der Waals surface area contributed by atoms with Gasteiger partial charge in [0.15, 0.2) is 11.6 Å². The highest BCUT2D eigenvalue weighted by Crippen LogP contribution is 2.31. The average Bonchev–Trinajstić information content (AvgIpc) is 3.16. The van der Waals surface area contributed by atoms with E-state index in [1.807, 2.05) is 60.7 Å². The third-order valence-electron chi connectivity index (χ3n) is 6.31. The van der Waals surface area contributed by atoms with Crippen molar-refractivity contribution in [1.29, 1.82) is 0 Å². The second kappa shape index (κ2) is 9.95. The summed E-state index contributed by atoms with van der Waals surface area (Å²) in [6, 6.07) is 21.3. The predicted octanol–water partition coefficient (Wildman–Crippen LogP) is 7.59. The molecule has 0 aliphatic rings. The quantitative estimate of drug-likeness (QED) is 0.194. The summed E-state index contributed by atoms with van der Waals surface area (Å²) in [5.74, 6) is 0.224. The molecule has 3 aromatic carbocycles. The van der Waals surface area contributed by atoms with Crippen LogP contribution >= 0.6 is 0 Å². The van der Waals surface area contributed by atoms with Crippen molar-refractivity contribution in [3.63, 3.8) is 0 Å². The third-order valence-corrected chi connectivity index (χ3v) is 6.31. The van der Waals surface area contributed by atoms with E-state index in [1.165, 1.54) is 19.3 Å². The minimum atomic E-state index is 0.0178. The van der Waals surface area contributed by atoms with Gasteiger partial charge in [0.1, 0.15) is 0 Å². The highest BCUT2D eigenvalue weighted by atomic mass is 16.1. The topological polar surface area (TPSA) is 39.1 Å². The fourth-order valence-corrected chi connectivity index (χ4v) is 4.55. The summed E-state index contributed by atoms with van der Waals surface area (Å²) in [7, 11) is 0. The molecule has 0 spiro atoms. The highest BCUT2D eigenvalue weighted by Gasteiger charge is 2.16. The van der Waals surface area contributed by atoms with E-state index in [9.17, 15) is 9.59 Å². The summed E-state index contributed by atoms with van der Waals surface area (Å²) >= 11 is 0. The Morgan fingerprint density at radius 3 is 1.97 bits per heavy atom. The van der Waals surface area contributed by atoms with Crippen molar-refractivity contribution < 1.29 is 9.59 Å². The Labute approximate surface area is 190 Å². The van der Waals surface area contributed by atoms with Gasteiger partial charge in [-0.3, -0.25) is 9.59 Å². The maximum Gasteiger partial charge on any atom is 0.193 e. The number of hydrogen-bond donors (Lipinski definition) is 0. The smallest absolute Gasteiger partial charge is 0.193 e. The maximum absolute atomic E-state index is 13.0. The molecule has 0 bridgehead atoms. The van der Waals surface area contributed by atoms with Crippen LogP contribution in [-0.2, 0) is 6.54 Å². The van der Waals surface area contributed by atoms with E-state index in [0.29, 0.717) is 17.5 Å². The van der Waals surface area contributed by atoms with Crippen molar-refractivity contribution in [2.24, 2.45) is 0 Å². The second-order valence-electron chi connectivity index (χ2n) is 8.49. The molecule has 1 heterocycles. The van der Waals surface area contributed by atoms with Gasteiger partial charge >= 0.3 is 0 Å². The van der Waals surface area contributed by atoms with Gasteiger partial charge in [-0.1, -0.05) is 62.9 Å². The first-order valence-corrected chi connectivity index (χ1v) is 11.8. The molecule has 0 aliphatic heterocycles. The van der Waals surface area contributed by atoms with E-state index in [0.717, 1.165) is 46.8 Å². The van der Waals surface area contributed by atoms with Crippen molar-refractivity contribution in [2.75, 3.05) is 0 Å². The van der Waals surface area contributed by atoms with Gasteiger partial charge in [-0.25, -0.2) is 0 Å². The maximum atomic E-state index is 13.0. The molecule has 4 aromatic rings. The van der Waals surface area contributed by atoms with E-state index in [4.69, 9.17) is 0 Å². The minimum Gasteiger partial charge on any atom is -0.341 e. The first-order valence-electron chi connectivity index (χ1n) is 11.8. The molecular formula is C29H31NO2. The van der Waals surface area contributed by atoms with Crippen molar-refractivity contribution in [1.82, 2.24) is 4.57 Å². The molecular weight excluding hydrogens is 394 g/mol. The molecule has 0 radical (unpaired) electrons. The number of rotatable bonds is 10. The fourth-order valence-electron chi connectivity index (χ4n) is 4.55. The number of benzene rings is 3. The Kier molecular flexibility index (Phi) is 6.84. The lowest BCUT2D eigenvalue weighted by Crippen LogP contribution is -2.01. The normalized spacial score (nSPS) is 11.3. The Morgan fingerprint density at radius 1 is 0.688 bits per heavy atom. The van der Waals surface area contributed by atoms with E-state index in [2.05, 4.69) is 24.5 Å². The summed E-state index contributed by atoms with van der Waals surface area (Å²) in [5.41, 5.74) is 4.32. The standard InChI is InChI=1S/C29H31NO2/c1-3-5-6-7-11-14-28(31)22-15-17-26-24(19-22)25-20-23(16-18-27(25)30(26)4-2)29(32)21-12-9-8-10-13-21/h8-10,12-13,15-20H,3-7,11,14H2,1-2H3. The van der Waals surface area contributed by atoms with Crippen LogP contribution in [0.3, 0.4) is 0 Å². The van der Waals surface area contributed by atoms with E-state index < -0.39 is 0 Å². The minimum absolute atomic E-state index is 0.0178. The van der Waals surface area contributed by atoms with Crippen LogP contribution in [-0.4, -0.2) is 16.1 Å². The molecule has 0 aliphatic carbocycles. The zero-order valence-electron chi connectivity index (χ0n) is 19.1. The number of carbonyl (C=O) groups is 2. The number of hydrogen-bond acceptors (Lipinski definition) is 2. The summed E-state index contributed by atoms with van der Waals surface area (Å²) < 4.78 is 2.25. The molecule has 0 unspecified atom stereocenters. The molecule has 3 heteroatoms. The molecule has 0 saturated heterocycles. The van der Waals surface area contributed by atoms with Gasteiger partial charge in [0.25, 0.3) is 0 Å². The molecule has 1 aromatic heterocycles. The molecule has 4 rings (SSSR count). The summed E-state index contributed by atoms with van der Waals surface area (Å²) in [6.45, 7) is 5.15. The predicted molar refractivity (Wildman–Crippen MR) is 133 cm³/mol. The van der Waals surface area contributed by atoms with Gasteiger partial charge < -0.3 is 4.57 Å². The highest BCUT2D eigenvalue weighted by molar-refractivity contribution is 6.15. The number of ketones is 2. The molecule has 0 atom stereocenters. The summed E-state index contributed by atoms with van der Waals surface area (Å²) in [6.07, 6.45) is 6.30. The zero-order valence-corrected chi connectivity index (χ0v) is 19.1. The zero-order chi connectivity index (χ0) is 22.5. The van der Waals surface area contributed by atoms with Crippen LogP contribution < -0.4 is 0 Å². The number of carbonyl (C=O) groups excluding carboxylic acids is 2. The Hall–Kier alpha value is -3.20. The van der Waals surface area contributed by atoms with Crippen molar-refractivity contribution in [3.8, 4) is 0 Å². The number of Topliss-reactive ketones (excluding diaryl/α,β-unsaturated/α-hetero) is 1. The van der Waals surface area contributed by atoms with Gasteiger partial charge in [-0.2, -0.15) is 0 Å². The van der Waals surface area contributed by atoms with E-state index in [-0.39, 0.29) is 11.6 Å². The molecule has 0 amide bonds. The van der Waals surface area contributed by atoms with Crippen LogP contribution in [0.1, 0.15) is 78.7 Å². The lowest BCUT2D eigenvalue weighted by Gasteiger charge is -2.05. The summed E-state index contributed by atoms with van der Waals surface area (Å²) in [4.78, 5) is 25.8. The monoisotopic (exact) mass is 425 g/mol. The second-order valence-corrected chi connectivity index (χ2v) is 8.49. The van der Waals surface area contributed by atoms with Gasteiger partial charge in [-0.05, 0) is 49.7 Å².